The van der Waals surface area contributed by atoms with Gasteiger partial charge in [-0.2, -0.15) is 0 Å². The van der Waals surface area contributed by atoms with Gasteiger partial charge in [-0.3, -0.25) is 4.98 Å². The molecule has 8 heteroatoms. The normalized spacial score (nSPS) is 31.1. The summed E-state index contributed by atoms with van der Waals surface area (Å²) in [6.45, 7) is 3.89. The van der Waals surface area contributed by atoms with E-state index >= 15 is 0 Å². The van der Waals surface area contributed by atoms with Crippen LogP contribution in [0.25, 0.3) is 0 Å². The number of nitrogens with zero attached hydrogens (tertiary/aromatic N) is 1. The number of hydrogen-bond donors (Lipinski definition) is 4. The molecule has 1 aromatic rings. The second kappa shape index (κ2) is 13.5. The minimum absolute atomic E-state index is 0.00694. The van der Waals surface area contributed by atoms with Gasteiger partial charge in [0.1, 0.15) is 0 Å². The Morgan fingerprint density at radius 1 is 0.690 bits per heavy atom. The number of fused-ring (bicyclic) bond motifs is 4. The maximum Gasteiger partial charge on any atom is 0.0545 e. The smallest absolute Gasteiger partial charge is 0.0545 e. The van der Waals surface area contributed by atoms with Gasteiger partial charge in [0.25, 0.3) is 0 Å². The molecule has 4 atom stereocenters. The summed E-state index contributed by atoms with van der Waals surface area (Å²) >= 11 is 0.00694. The van der Waals surface area contributed by atoms with Crippen molar-refractivity contribution in [2.24, 2.45) is 0 Å². The van der Waals surface area contributed by atoms with Crippen molar-refractivity contribution in [2.75, 3.05) is 13.1 Å². The molecule has 2 heterocycles. The Morgan fingerprint density at radius 3 is 1.48 bits per heavy atom. The maximum atomic E-state index is 4.89. The van der Waals surface area contributed by atoms with Crippen molar-refractivity contribution in [3.63, 3.8) is 0 Å². The minimum Gasteiger partial charge on any atom is -0.311 e. The van der Waals surface area contributed by atoms with Crippen LogP contribution >= 0.6 is 20.2 Å². The van der Waals surface area contributed by atoms with E-state index in [1.54, 1.807) is 0 Å². The van der Waals surface area contributed by atoms with Crippen molar-refractivity contribution in [3.8, 4) is 0 Å². The van der Waals surface area contributed by atoms with E-state index in [-0.39, 0.29) is 13.1 Å². The molecule has 0 radical (unpaired) electrons. The van der Waals surface area contributed by atoms with Crippen LogP contribution in [-0.4, -0.2) is 42.2 Å². The van der Waals surface area contributed by atoms with Crippen molar-refractivity contribution < 1.29 is 13.1 Å². The van der Waals surface area contributed by atoms with Crippen LogP contribution in [0.15, 0.2) is 18.2 Å². The molecule has 165 valence electrons. The Kier molecular flexibility index (Phi) is 11.0. The monoisotopic (exact) mass is 482 g/mol. The molecule has 0 saturated heterocycles. The number of pyridine rings is 1. The molecule has 5 nitrogen and oxygen atoms in total. The van der Waals surface area contributed by atoms with Crippen LogP contribution in [0.2, 0.25) is 0 Å². The van der Waals surface area contributed by atoms with E-state index in [0.717, 1.165) is 26.2 Å². The third-order valence-corrected chi connectivity index (χ3v) is 6.43. The largest absolute Gasteiger partial charge is 0.311 e. The fourth-order valence-corrected chi connectivity index (χ4v) is 4.95. The summed E-state index contributed by atoms with van der Waals surface area (Å²) in [5, 5.41) is 15.2. The fraction of sp³-hybridized carbons (Fsp3) is 0.762. The van der Waals surface area contributed by atoms with E-state index in [1.165, 1.54) is 62.8 Å². The first kappa shape index (κ1) is 23.7. The van der Waals surface area contributed by atoms with Crippen LogP contribution in [0.3, 0.4) is 0 Å². The van der Waals surface area contributed by atoms with Crippen molar-refractivity contribution in [2.45, 2.75) is 88.6 Å². The molecule has 2 saturated carbocycles. The van der Waals surface area contributed by atoms with Crippen molar-refractivity contribution in [3.05, 3.63) is 29.6 Å². The first-order chi connectivity index (χ1) is 14.3. The summed E-state index contributed by atoms with van der Waals surface area (Å²) in [6.07, 6.45) is 10.5. The van der Waals surface area contributed by atoms with E-state index in [1.807, 2.05) is 0 Å². The maximum absolute atomic E-state index is 4.89. The van der Waals surface area contributed by atoms with Crippen LogP contribution in [0.4, 0.5) is 0 Å². The first-order valence-electron chi connectivity index (χ1n) is 11.1. The average Bonchev–Trinajstić information content (AvgIpc) is 2.76. The Bertz CT molecular complexity index is 549. The summed E-state index contributed by atoms with van der Waals surface area (Å²) in [4.78, 5) is 4.89. The molecule has 0 amide bonds. The van der Waals surface area contributed by atoms with Crippen molar-refractivity contribution >= 4 is 20.2 Å². The molecule has 1 aliphatic heterocycles. The van der Waals surface area contributed by atoms with Crippen LogP contribution in [0.1, 0.15) is 62.8 Å². The third kappa shape index (κ3) is 7.93. The van der Waals surface area contributed by atoms with Crippen LogP contribution < -0.4 is 21.3 Å². The third-order valence-electron chi connectivity index (χ3n) is 6.43. The average molecular weight is 483 g/mol. The van der Waals surface area contributed by atoms with Crippen molar-refractivity contribution in [1.82, 2.24) is 26.3 Å². The molecule has 4 rings (SSSR count). The van der Waals surface area contributed by atoms with Gasteiger partial charge in [0.2, 0.25) is 0 Å². The summed E-state index contributed by atoms with van der Waals surface area (Å²) in [5.41, 5.74) is 2.34. The van der Waals surface area contributed by atoms with Gasteiger partial charge in [0, 0.05) is 50.3 Å². The van der Waals surface area contributed by atoms with Gasteiger partial charge < -0.3 is 21.3 Å². The molecule has 1 aromatic heterocycles. The standard InChI is InChI=1S/C21H35N5.2ClH.Mn/c1-3-10-20-18(8-1)22-12-13-23-19-9-2-4-11-21(19)25-15-17-7-5-6-16(26-17)14-24-20;;;/h5-7,18-25H,1-4,8-15H2;2*1H;/q;;;+2/p-2/t18-,19-,20-,21?;;;/m1.../s1. The Balaban J connectivity index is 0.000000755. The van der Waals surface area contributed by atoms with Gasteiger partial charge in [-0.15, -0.1) is 0 Å². The van der Waals surface area contributed by atoms with Crippen LogP contribution in [0.5, 0.6) is 0 Å². The van der Waals surface area contributed by atoms with E-state index in [0.29, 0.717) is 24.2 Å². The topological polar surface area (TPSA) is 61.0 Å². The molecule has 2 aliphatic carbocycles. The predicted molar refractivity (Wildman–Crippen MR) is 118 cm³/mol. The van der Waals surface area contributed by atoms with Crippen LogP contribution in [-0.2, 0) is 26.2 Å². The molecule has 0 aromatic carbocycles. The summed E-state index contributed by atoms with van der Waals surface area (Å²) < 4.78 is 0. The zero-order chi connectivity index (χ0) is 20.3. The molecule has 2 fully saturated rings. The molecule has 29 heavy (non-hydrogen) atoms. The van der Waals surface area contributed by atoms with Crippen molar-refractivity contribution in [1.29, 1.82) is 0 Å². The molecule has 1 unspecified atom stereocenters. The zero-order valence-corrected chi connectivity index (χ0v) is 19.8. The summed E-state index contributed by atoms with van der Waals surface area (Å²) in [7, 11) is 9.59. The number of rotatable bonds is 0. The molecular formula is C21H35Cl2MnN5. The minimum atomic E-state index is 0.00694. The van der Waals surface area contributed by atoms with Gasteiger partial charge in [0.05, 0.1) is 11.4 Å². The van der Waals surface area contributed by atoms with E-state index in [4.69, 9.17) is 25.2 Å². The second-order valence-corrected chi connectivity index (χ2v) is 10.3. The Morgan fingerprint density at radius 2 is 1.07 bits per heavy atom. The van der Waals surface area contributed by atoms with Gasteiger partial charge in [0.15, 0.2) is 0 Å². The van der Waals surface area contributed by atoms with E-state index < -0.39 is 0 Å². The number of aromatic nitrogens is 1. The quantitative estimate of drug-likeness (QED) is 0.426. The Hall–Kier alpha value is 0.0895. The van der Waals surface area contributed by atoms with Gasteiger partial charge in [-0.25, -0.2) is 0 Å². The fourth-order valence-electron chi connectivity index (χ4n) is 4.95. The molecule has 2 bridgehead atoms. The van der Waals surface area contributed by atoms with Gasteiger partial charge in [-0.1, -0.05) is 31.7 Å². The SMILES string of the molecule is [Cl][Mn][Cl].c1cc2nc(c1)CN[C@@H]1CCCC[C@H]1NCCN[C@@H]1CCCCC1NC2. The molecule has 4 N–H and O–H groups in total. The number of nitrogens with one attached hydrogen (secondary N) is 4. The van der Waals surface area contributed by atoms with Crippen LogP contribution in [0, 0.1) is 0 Å². The summed E-state index contributed by atoms with van der Waals surface area (Å²) in [6, 6.07) is 8.81. The number of halogens is 2. The van der Waals surface area contributed by atoms with Gasteiger partial charge in [-0.05, 0) is 37.8 Å². The summed E-state index contributed by atoms with van der Waals surface area (Å²) in [5.74, 6) is 0. The zero-order valence-electron chi connectivity index (χ0n) is 17.1. The number of hydrogen-bond acceptors (Lipinski definition) is 5. The van der Waals surface area contributed by atoms with Gasteiger partial charge >= 0.3 is 33.3 Å². The molecule has 3 aliphatic rings. The Labute approximate surface area is 190 Å². The molecular weight excluding hydrogens is 448 g/mol. The first-order valence-corrected chi connectivity index (χ1v) is 14.3. The molecule has 0 spiro atoms. The second-order valence-electron chi connectivity index (χ2n) is 8.34. The predicted octanol–water partition coefficient (Wildman–Crippen LogP) is 3.45. The van der Waals surface area contributed by atoms with E-state index in [2.05, 4.69) is 39.5 Å². The van der Waals surface area contributed by atoms with E-state index in [9.17, 15) is 0 Å².